The lowest BCUT2D eigenvalue weighted by atomic mass is 9.78. The molecule has 1 amide bonds. The molecule has 0 bridgehead atoms. The smallest absolute Gasteiger partial charge is 0.399 e. The van der Waals surface area contributed by atoms with Crippen LogP contribution in [0, 0.1) is 17.6 Å². The molecule has 1 unspecified atom stereocenters. The fourth-order valence-electron chi connectivity index (χ4n) is 3.58. The van der Waals surface area contributed by atoms with Gasteiger partial charge in [-0.3, -0.25) is 4.79 Å². The Morgan fingerprint density at radius 1 is 1.19 bits per heavy atom. The molecule has 0 saturated carbocycles. The predicted molar refractivity (Wildman–Crippen MR) is 101 cm³/mol. The van der Waals surface area contributed by atoms with Crippen molar-refractivity contribution in [3.05, 3.63) is 29.3 Å². The molecule has 2 aliphatic rings. The lowest BCUT2D eigenvalue weighted by Crippen LogP contribution is -2.41. The van der Waals surface area contributed by atoms with Crippen molar-refractivity contribution in [1.82, 2.24) is 4.90 Å². The molecule has 1 aromatic rings. The second-order valence-corrected chi connectivity index (χ2v) is 8.82. The maximum Gasteiger partial charge on any atom is 0.497 e. The van der Waals surface area contributed by atoms with Gasteiger partial charge in [0.1, 0.15) is 11.6 Å². The number of rotatable bonds is 3. The van der Waals surface area contributed by atoms with Gasteiger partial charge in [0.05, 0.1) is 17.6 Å². The SMILES string of the molecule is CC1CCCN(C(=O)Cc2cc(F)c(B3OC(C)(C)C(C)(C)O3)cc2F)C1. The Labute approximate surface area is 160 Å². The van der Waals surface area contributed by atoms with E-state index in [9.17, 15) is 13.6 Å². The van der Waals surface area contributed by atoms with Crippen molar-refractivity contribution in [3.8, 4) is 0 Å². The Morgan fingerprint density at radius 2 is 1.81 bits per heavy atom. The molecule has 0 aliphatic carbocycles. The number of piperidine rings is 1. The zero-order chi connectivity index (χ0) is 20.0. The molecule has 7 heteroatoms. The van der Waals surface area contributed by atoms with Gasteiger partial charge in [0.2, 0.25) is 5.91 Å². The van der Waals surface area contributed by atoms with Gasteiger partial charge in [0.25, 0.3) is 0 Å². The maximum absolute atomic E-state index is 14.7. The van der Waals surface area contributed by atoms with E-state index < -0.39 is 30.0 Å². The lowest BCUT2D eigenvalue weighted by molar-refractivity contribution is -0.132. The first kappa shape index (κ1) is 20.3. The molecule has 2 aliphatic heterocycles. The largest absolute Gasteiger partial charge is 0.497 e. The van der Waals surface area contributed by atoms with Gasteiger partial charge in [0, 0.05) is 18.6 Å². The van der Waals surface area contributed by atoms with Gasteiger partial charge in [-0.25, -0.2) is 8.78 Å². The van der Waals surface area contributed by atoms with E-state index in [1.807, 2.05) is 27.7 Å². The fourth-order valence-corrected chi connectivity index (χ4v) is 3.58. The average molecular weight is 379 g/mol. The molecule has 0 aromatic heterocycles. The predicted octanol–water partition coefficient (Wildman–Crippen LogP) is 3.07. The quantitative estimate of drug-likeness (QED) is 0.758. The third-order valence-electron chi connectivity index (χ3n) is 6.02. The van der Waals surface area contributed by atoms with Crippen LogP contribution in [0.4, 0.5) is 8.78 Å². The van der Waals surface area contributed by atoms with E-state index in [4.69, 9.17) is 9.31 Å². The molecule has 1 aromatic carbocycles. The van der Waals surface area contributed by atoms with E-state index in [0.29, 0.717) is 19.0 Å². The number of hydrogen-bond donors (Lipinski definition) is 0. The van der Waals surface area contributed by atoms with E-state index in [1.165, 1.54) is 0 Å². The second-order valence-electron chi connectivity index (χ2n) is 8.82. The monoisotopic (exact) mass is 379 g/mol. The van der Waals surface area contributed by atoms with Crippen molar-refractivity contribution in [2.75, 3.05) is 13.1 Å². The normalized spacial score (nSPS) is 24.3. The topological polar surface area (TPSA) is 38.8 Å². The third kappa shape index (κ3) is 4.04. The zero-order valence-electron chi connectivity index (χ0n) is 16.8. The summed E-state index contributed by atoms with van der Waals surface area (Å²) in [6, 6.07) is 2.19. The Bertz CT molecular complexity index is 722. The average Bonchev–Trinajstić information content (AvgIpc) is 2.78. The highest BCUT2D eigenvalue weighted by molar-refractivity contribution is 6.62. The van der Waals surface area contributed by atoms with Gasteiger partial charge in [-0.2, -0.15) is 0 Å². The molecule has 2 heterocycles. The molecule has 3 rings (SSSR count). The van der Waals surface area contributed by atoms with Crippen LogP contribution in [-0.2, 0) is 20.5 Å². The van der Waals surface area contributed by atoms with E-state index >= 15 is 0 Å². The van der Waals surface area contributed by atoms with Crippen LogP contribution in [0.3, 0.4) is 0 Å². The summed E-state index contributed by atoms with van der Waals surface area (Å²) in [7, 11) is -0.975. The molecule has 2 fully saturated rings. The highest BCUT2D eigenvalue weighted by Gasteiger charge is 2.52. The first-order valence-electron chi connectivity index (χ1n) is 9.61. The maximum atomic E-state index is 14.7. The summed E-state index contributed by atoms with van der Waals surface area (Å²) >= 11 is 0. The molecule has 0 radical (unpaired) electrons. The molecular formula is C20H28BF2NO3. The van der Waals surface area contributed by atoms with Crippen LogP contribution in [-0.4, -0.2) is 42.2 Å². The van der Waals surface area contributed by atoms with Gasteiger partial charge < -0.3 is 14.2 Å². The van der Waals surface area contributed by atoms with Crippen molar-refractivity contribution in [2.45, 2.75) is 65.1 Å². The Hall–Kier alpha value is -1.47. The van der Waals surface area contributed by atoms with Crippen molar-refractivity contribution in [3.63, 3.8) is 0 Å². The first-order chi connectivity index (χ1) is 12.5. The van der Waals surface area contributed by atoms with Gasteiger partial charge in [-0.15, -0.1) is 0 Å². The molecule has 2 saturated heterocycles. The van der Waals surface area contributed by atoms with Crippen molar-refractivity contribution in [1.29, 1.82) is 0 Å². The first-order valence-corrected chi connectivity index (χ1v) is 9.61. The number of carbonyl (C=O) groups is 1. The number of halogens is 2. The molecular weight excluding hydrogens is 351 g/mol. The lowest BCUT2D eigenvalue weighted by Gasteiger charge is -2.32. The molecule has 27 heavy (non-hydrogen) atoms. The summed E-state index contributed by atoms with van der Waals surface area (Å²) < 4.78 is 40.9. The summed E-state index contributed by atoms with van der Waals surface area (Å²) in [4.78, 5) is 14.2. The standard InChI is InChI=1S/C20H28BF2NO3/c1-13-7-6-8-24(12-13)18(25)10-14-9-17(23)15(11-16(14)22)21-26-19(2,3)20(4,5)27-21/h9,11,13H,6-8,10,12H2,1-5H3. The fraction of sp³-hybridized carbons (Fsp3) is 0.650. The molecule has 4 nitrogen and oxygen atoms in total. The van der Waals surface area contributed by atoms with E-state index in [-0.39, 0.29) is 23.4 Å². The highest BCUT2D eigenvalue weighted by atomic mass is 19.1. The van der Waals surface area contributed by atoms with Crippen LogP contribution in [0.1, 0.15) is 53.0 Å². The molecule has 0 N–H and O–H groups in total. The minimum atomic E-state index is -0.975. The van der Waals surface area contributed by atoms with Crippen LogP contribution >= 0.6 is 0 Å². The van der Waals surface area contributed by atoms with Gasteiger partial charge in [0.15, 0.2) is 0 Å². The van der Waals surface area contributed by atoms with Crippen LogP contribution in [0.25, 0.3) is 0 Å². The van der Waals surface area contributed by atoms with Crippen molar-refractivity contribution >= 4 is 18.5 Å². The number of benzene rings is 1. The Balaban J connectivity index is 1.77. The highest BCUT2D eigenvalue weighted by Crippen LogP contribution is 2.36. The minimum absolute atomic E-state index is 0.0222. The second kappa shape index (κ2) is 7.17. The zero-order valence-corrected chi connectivity index (χ0v) is 16.8. The number of carbonyl (C=O) groups excluding carboxylic acids is 1. The number of amides is 1. The van der Waals surface area contributed by atoms with Crippen LogP contribution in [0.15, 0.2) is 12.1 Å². The van der Waals surface area contributed by atoms with Gasteiger partial charge in [-0.1, -0.05) is 6.92 Å². The Kier molecular flexibility index (Phi) is 5.38. The van der Waals surface area contributed by atoms with E-state index in [0.717, 1.165) is 25.0 Å². The summed E-state index contributed by atoms with van der Waals surface area (Å²) in [5.74, 6) is -0.956. The van der Waals surface area contributed by atoms with Crippen LogP contribution in [0.5, 0.6) is 0 Å². The molecule has 148 valence electrons. The number of nitrogens with zero attached hydrogens (tertiary/aromatic N) is 1. The number of likely N-dealkylation sites (tertiary alicyclic amines) is 1. The summed E-state index contributed by atoms with van der Waals surface area (Å²) in [5.41, 5.74) is -1.19. The molecule has 0 spiro atoms. The molecule has 1 atom stereocenters. The summed E-state index contributed by atoms with van der Waals surface area (Å²) in [5, 5.41) is 0. The third-order valence-corrected chi connectivity index (χ3v) is 6.02. The van der Waals surface area contributed by atoms with Gasteiger partial charge in [-0.05, 0) is 64.2 Å². The van der Waals surface area contributed by atoms with Crippen LogP contribution in [0.2, 0.25) is 0 Å². The number of hydrogen-bond acceptors (Lipinski definition) is 3. The summed E-state index contributed by atoms with van der Waals surface area (Å²) in [6.07, 6.45) is 1.90. The van der Waals surface area contributed by atoms with Crippen molar-refractivity contribution in [2.24, 2.45) is 5.92 Å². The Morgan fingerprint density at radius 3 is 2.41 bits per heavy atom. The van der Waals surface area contributed by atoms with E-state index in [1.54, 1.807) is 4.90 Å². The van der Waals surface area contributed by atoms with Crippen LogP contribution < -0.4 is 5.46 Å². The summed E-state index contributed by atoms with van der Waals surface area (Å²) in [6.45, 7) is 10.9. The van der Waals surface area contributed by atoms with E-state index in [2.05, 4.69) is 6.92 Å². The van der Waals surface area contributed by atoms with Crippen molar-refractivity contribution < 1.29 is 22.9 Å². The minimum Gasteiger partial charge on any atom is -0.399 e. The van der Waals surface area contributed by atoms with Gasteiger partial charge >= 0.3 is 7.12 Å².